The van der Waals surface area contributed by atoms with Crippen LogP contribution in [0.15, 0.2) is 12.1 Å². The molecule has 0 radical (unpaired) electrons. The monoisotopic (exact) mass is 264 g/mol. The summed E-state index contributed by atoms with van der Waals surface area (Å²) in [6.45, 7) is 6.87. The Bertz CT molecular complexity index is 456. The molecule has 1 saturated heterocycles. The highest BCUT2D eigenvalue weighted by Gasteiger charge is 2.20. The molecule has 19 heavy (non-hydrogen) atoms. The average molecular weight is 264 g/mol. The van der Waals surface area contributed by atoms with Gasteiger partial charge in [-0.25, -0.2) is 9.78 Å². The van der Waals surface area contributed by atoms with Crippen molar-refractivity contribution in [1.82, 2.24) is 9.88 Å². The maximum absolute atomic E-state index is 11.0. The van der Waals surface area contributed by atoms with E-state index in [0.717, 1.165) is 39.1 Å². The first kappa shape index (κ1) is 13.6. The molecule has 0 spiro atoms. The van der Waals surface area contributed by atoms with E-state index in [1.165, 1.54) is 6.07 Å². The van der Waals surface area contributed by atoms with Crippen molar-refractivity contribution in [3.05, 3.63) is 17.8 Å². The number of rotatable bonds is 4. The molecule has 1 aromatic heterocycles. The summed E-state index contributed by atoms with van der Waals surface area (Å²) < 4.78 is 0. The van der Waals surface area contributed by atoms with Crippen molar-refractivity contribution in [1.29, 1.82) is 0 Å². The van der Waals surface area contributed by atoms with Gasteiger partial charge in [-0.15, -0.1) is 0 Å². The van der Waals surface area contributed by atoms with Gasteiger partial charge >= 0.3 is 5.97 Å². The molecule has 1 aliphatic rings. The average Bonchev–Trinajstić information content (AvgIpc) is 2.40. The highest BCUT2D eigenvalue weighted by atomic mass is 16.4. The van der Waals surface area contributed by atoms with Gasteiger partial charge in [0.25, 0.3) is 0 Å². The number of aromatic nitrogens is 1. The van der Waals surface area contributed by atoms with Crippen molar-refractivity contribution >= 4 is 17.5 Å². The van der Waals surface area contributed by atoms with Gasteiger partial charge in [0.2, 0.25) is 0 Å². The second-order valence-corrected chi connectivity index (χ2v) is 4.74. The molecule has 0 atom stereocenters. The lowest BCUT2D eigenvalue weighted by atomic mass is 10.2. The van der Waals surface area contributed by atoms with E-state index < -0.39 is 5.97 Å². The topological polar surface area (TPSA) is 82.7 Å². The summed E-state index contributed by atoms with van der Waals surface area (Å²) in [5.74, 6) is -0.429. The molecule has 104 valence electrons. The Kier molecular flexibility index (Phi) is 4.21. The molecule has 1 aliphatic heterocycles. The summed E-state index contributed by atoms with van der Waals surface area (Å²) in [6, 6.07) is 3.05. The number of pyridine rings is 1. The maximum Gasteiger partial charge on any atom is 0.354 e. The van der Waals surface area contributed by atoms with Crippen molar-refractivity contribution in [3.8, 4) is 0 Å². The molecule has 1 fully saturated rings. The van der Waals surface area contributed by atoms with Crippen LogP contribution in [0.4, 0.5) is 11.5 Å². The number of aromatic carboxylic acids is 1. The lowest BCUT2D eigenvalue weighted by Crippen LogP contribution is -2.47. The third kappa shape index (κ3) is 3.14. The van der Waals surface area contributed by atoms with Crippen LogP contribution < -0.4 is 10.6 Å². The lowest BCUT2D eigenvalue weighted by Gasteiger charge is -2.35. The predicted molar refractivity (Wildman–Crippen MR) is 74.6 cm³/mol. The van der Waals surface area contributed by atoms with Crippen molar-refractivity contribution in [2.24, 2.45) is 0 Å². The third-order valence-electron chi connectivity index (χ3n) is 3.34. The Hall–Kier alpha value is -1.82. The van der Waals surface area contributed by atoms with Crippen molar-refractivity contribution in [3.63, 3.8) is 0 Å². The van der Waals surface area contributed by atoms with E-state index in [1.807, 2.05) is 0 Å². The number of hydrogen-bond donors (Lipinski definition) is 2. The van der Waals surface area contributed by atoms with E-state index in [0.29, 0.717) is 11.5 Å². The molecule has 0 aliphatic carbocycles. The van der Waals surface area contributed by atoms with Crippen LogP contribution in [0.25, 0.3) is 0 Å². The van der Waals surface area contributed by atoms with E-state index in [-0.39, 0.29) is 5.69 Å². The predicted octanol–water partition coefficient (Wildman–Crippen LogP) is 0.894. The van der Waals surface area contributed by atoms with Crippen LogP contribution in [-0.4, -0.2) is 53.7 Å². The molecule has 0 aromatic carbocycles. The molecular weight excluding hydrogens is 244 g/mol. The summed E-state index contributed by atoms with van der Waals surface area (Å²) in [6.07, 6.45) is 1.15. The minimum absolute atomic E-state index is 0.0418. The molecule has 0 unspecified atom stereocenters. The molecular formula is C13H20N4O2. The quantitative estimate of drug-likeness (QED) is 0.840. The fraction of sp³-hybridized carbons (Fsp3) is 0.538. The minimum Gasteiger partial charge on any atom is -0.477 e. The van der Waals surface area contributed by atoms with Crippen LogP contribution >= 0.6 is 0 Å². The number of carbonyl (C=O) groups is 1. The van der Waals surface area contributed by atoms with Crippen LogP contribution in [0.3, 0.4) is 0 Å². The number of nitrogens with zero attached hydrogens (tertiary/aromatic N) is 3. The first-order valence-electron chi connectivity index (χ1n) is 6.59. The SMILES string of the molecule is CCCN1CCN(c2nc(C(=O)O)ccc2N)CC1. The number of nitrogen functional groups attached to an aromatic ring is 1. The smallest absolute Gasteiger partial charge is 0.354 e. The van der Waals surface area contributed by atoms with Gasteiger partial charge < -0.3 is 15.7 Å². The van der Waals surface area contributed by atoms with Gasteiger partial charge in [-0.2, -0.15) is 0 Å². The molecule has 0 bridgehead atoms. The Balaban J connectivity index is 2.10. The van der Waals surface area contributed by atoms with Gasteiger partial charge in [-0.3, -0.25) is 4.90 Å². The number of carboxylic acid groups (broad SMARTS) is 1. The zero-order valence-electron chi connectivity index (χ0n) is 11.2. The second kappa shape index (κ2) is 5.88. The number of piperazine rings is 1. The maximum atomic E-state index is 11.0. The Morgan fingerprint density at radius 2 is 2.05 bits per heavy atom. The molecule has 1 aromatic rings. The van der Waals surface area contributed by atoms with E-state index in [2.05, 4.69) is 21.7 Å². The van der Waals surface area contributed by atoms with Gasteiger partial charge in [0.05, 0.1) is 5.69 Å². The van der Waals surface area contributed by atoms with E-state index in [9.17, 15) is 4.79 Å². The van der Waals surface area contributed by atoms with E-state index in [4.69, 9.17) is 10.8 Å². The van der Waals surface area contributed by atoms with Crippen molar-refractivity contribution < 1.29 is 9.90 Å². The molecule has 0 saturated carbocycles. The van der Waals surface area contributed by atoms with Crippen LogP contribution in [0.5, 0.6) is 0 Å². The lowest BCUT2D eigenvalue weighted by molar-refractivity contribution is 0.0690. The van der Waals surface area contributed by atoms with E-state index in [1.54, 1.807) is 6.07 Å². The summed E-state index contributed by atoms with van der Waals surface area (Å²) in [4.78, 5) is 19.6. The Morgan fingerprint density at radius 3 is 2.63 bits per heavy atom. The van der Waals surface area contributed by atoms with Crippen LogP contribution in [0.2, 0.25) is 0 Å². The number of anilines is 2. The van der Waals surface area contributed by atoms with E-state index >= 15 is 0 Å². The molecule has 3 N–H and O–H groups in total. The van der Waals surface area contributed by atoms with Gasteiger partial charge in [0.15, 0.2) is 11.5 Å². The minimum atomic E-state index is -1.02. The fourth-order valence-corrected chi connectivity index (χ4v) is 2.33. The standard InChI is InChI=1S/C13H20N4O2/c1-2-5-16-6-8-17(9-7-16)12-10(14)3-4-11(15-12)13(18)19/h3-4H,2,5-9,14H2,1H3,(H,18,19). The highest BCUT2D eigenvalue weighted by Crippen LogP contribution is 2.22. The van der Waals surface area contributed by atoms with Crippen molar-refractivity contribution in [2.45, 2.75) is 13.3 Å². The molecule has 6 heteroatoms. The first-order chi connectivity index (χ1) is 9.11. The van der Waals surface area contributed by atoms with Gasteiger partial charge in [0.1, 0.15) is 0 Å². The van der Waals surface area contributed by atoms with Gasteiger partial charge in [-0.1, -0.05) is 6.92 Å². The largest absolute Gasteiger partial charge is 0.477 e. The molecule has 0 amide bonds. The highest BCUT2D eigenvalue weighted by molar-refractivity contribution is 5.87. The van der Waals surface area contributed by atoms with Crippen LogP contribution in [-0.2, 0) is 0 Å². The number of hydrogen-bond acceptors (Lipinski definition) is 5. The summed E-state index contributed by atoms with van der Waals surface area (Å²) >= 11 is 0. The summed E-state index contributed by atoms with van der Waals surface area (Å²) in [5.41, 5.74) is 6.48. The number of nitrogens with two attached hydrogens (primary N) is 1. The molecule has 2 heterocycles. The van der Waals surface area contributed by atoms with Crippen LogP contribution in [0.1, 0.15) is 23.8 Å². The zero-order chi connectivity index (χ0) is 13.8. The normalized spacial score (nSPS) is 16.6. The number of carboxylic acids is 1. The van der Waals surface area contributed by atoms with Gasteiger partial charge in [-0.05, 0) is 25.1 Å². The Morgan fingerprint density at radius 1 is 1.37 bits per heavy atom. The van der Waals surface area contributed by atoms with Crippen LogP contribution in [0, 0.1) is 0 Å². The Labute approximate surface area is 112 Å². The molecule has 2 rings (SSSR count). The summed E-state index contributed by atoms with van der Waals surface area (Å²) in [5, 5.41) is 8.98. The molecule has 6 nitrogen and oxygen atoms in total. The zero-order valence-corrected chi connectivity index (χ0v) is 11.2. The summed E-state index contributed by atoms with van der Waals surface area (Å²) in [7, 11) is 0. The van der Waals surface area contributed by atoms with Gasteiger partial charge in [0, 0.05) is 26.2 Å². The third-order valence-corrected chi connectivity index (χ3v) is 3.34. The van der Waals surface area contributed by atoms with Crippen molar-refractivity contribution in [2.75, 3.05) is 43.4 Å². The first-order valence-corrected chi connectivity index (χ1v) is 6.59. The second-order valence-electron chi connectivity index (χ2n) is 4.74. The fourth-order valence-electron chi connectivity index (χ4n) is 2.33.